The van der Waals surface area contributed by atoms with Gasteiger partial charge in [0.25, 0.3) is 0 Å². The molecule has 162 valence electrons. The Kier molecular flexibility index (Phi) is 7.30. The monoisotopic (exact) mass is 446 g/mol. The van der Waals surface area contributed by atoms with Crippen molar-refractivity contribution < 1.29 is 9.18 Å². The third-order valence-electron chi connectivity index (χ3n) is 4.85. The van der Waals surface area contributed by atoms with Crippen molar-refractivity contribution in [3.8, 4) is 16.9 Å². The van der Waals surface area contributed by atoms with Crippen LogP contribution in [-0.2, 0) is 17.1 Å². The Bertz CT molecular complexity index is 1150. The van der Waals surface area contributed by atoms with Crippen LogP contribution in [0, 0.1) is 5.82 Å². The molecule has 2 aromatic heterocycles. The summed E-state index contributed by atoms with van der Waals surface area (Å²) in [6, 6.07) is 21.8. The second-order valence-corrected chi connectivity index (χ2v) is 8.30. The molecule has 0 saturated carbocycles. The molecule has 7 heteroatoms. The van der Waals surface area contributed by atoms with Gasteiger partial charge in [0.2, 0.25) is 5.91 Å². The number of hydrogen-bond donors (Lipinski definition) is 1. The van der Waals surface area contributed by atoms with E-state index in [1.807, 2.05) is 54.7 Å². The van der Waals surface area contributed by atoms with E-state index in [9.17, 15) is 9.18 Å². The average Bonchev–Trinajstić information content (AvgIpc) is 3.26. The molecule has 4 rings (SSSR count). The van der Waals surface area contributed by atoms with Gasteiger partial charge in [-0.05, 0) is 48.5 Å². The van der Waals surface area contributed by atoms with E-state index in [1.165, 1.54) is 12.1 Å². The number of halogens is 1. The average molecular weight is 447 g/mol. The summed E-state index contributed by atoms with van der Waals surface area (Å²) in [5.41, 5.74) is 4.32. The predicted octanol–water partition coefficient (Wildman–Crippen LogP) is 5.01. The highest BCUT2D eigenvalue weighted by Crippen LogP contribution is 2.24. The van der Waals surface area contributed by atoms with E-state index in [0.717, 1.165) is 39.7 Å². The van der Waals surface area contributed by atoms with Crippen LogP contribution in [0.3, 0.4) is 0 Å². The second kappa shape index (κ2) is 10.7. The number of aromatic nitrogens is 3. The van der Waals surface area contributed by atoms with Gasteiger partial charge in [0.1, 0.15) is 5.82 Å². The lowest BCUT2D eigenvalue weighted by molar-refractivity contribution is -0.120. The van der Waals surface area contributed by atoms with Crippen molar-refractivity contribution in [1.29, 1.82) is 0 Å². The normalized spacial score (nSPS) is 10.8. The fraction of sp³-hybridized carbons (Fsp3) is 0.160. The van der Waals surface area contributed by atoms with Crippen LogP contribution in [0.25, 0.3) is 16.9 Å². The number of rotatable bonds is 9. The summed E-state index contributed by atoms with van der Waals surface area (Å²) in [6.07, 6.45) is 4.11. The van der Waals surface area contributed by atoms with Crippen LogP contribution >= 0.6 is 11.8 Å². The van der Waals surface area contributed by atoms with Gasteiger partial charge in [-0.2, -0.15) is 16.9 Å². The summed E-state index contributed by atoms with van der Waals surface area (Å²) < 4.78 is 15.2. The number of carbonyl (C=O) groups is 1. The number of para-hydroxylation sites is 1. The van der Waals surface area contributed by atoms with Gasteiger partial charge in [0.05, 0.1) is 17.1 Å². The van der Waals surface area contributed by atoms with E-state index in [-0.39, 0.29) is 11.7 Å². The smallest absolute Gasteiger partial charge is 0.221 e. The van der Waals surface area contributed by atoms with E-state index < -0.39 is 0 Å². The molecule has 0 aliphatic rings. The summed E-state index contributed by atoms with van der Waals surface area (Å²) >= 11 is 1.68. The lowest BCUT2D eigenvalue weighted by Gasteiger charge is -2.06. The van der Waals surface area contributed by atoms with Crippen LogP contribution in [0.15, 0.2) is 85.2 Å². The van der Waals surface area contributed by atoms with Crippen LogP contribution in [-0.4, -0.2) is 26.4 Å². The van der Waals surface area contributed by atoms with Crippen molar-refractivity contribution in [3.63, 3.8) is 0 Å². The summed E-state index contributed by atoms with van der Waals surface area (Å²) in [5, 5.41) is 7.69. The number of pyridine rings is 1. The van der Waals surface area contributed by atoms with E-state index in [1.54, 1.807) is 34.8 Å². The lowest BCUT2D eigenvalue weighted by Crippen LogP contribution is -2.23. The Balaban J connectivity index is 1.39. The molecule has 0 fully saturated rings. The lowest BCUT2D eigenvalue weighted by atomic mass is 10.1. The van der Waals surface area contributed by atoms with Crippen LogP contribution in [0.5, 0.6) is 0 Å². The van der Waals surface area contributed by atoms with Gasteiger partial charge in [-0.15, -0.1) is 0 Å². The van der Waals surface area contributed by atoms with Crippen LogP contribution < -0.4 is 5.32 Å². The molecule has 1 N–H and O–H groups in total. The molecule has 0 spiro atoms. The minimum Gasteiger partial charge on any atom is -0.352 e. The highest BCUT2D eigenvalue weighted by molar-refractivity contribution is 7.98. The molecule has 0 bridgehead atoms. The second-order valence-electron chi connectivity index (χ2n) is 7.19. The zero-order valence-corrected chi connectivity index (χ0v) is 18.3. The zero-order chi connectivity index (χ0) is 22.2. The van der Waals surface area contributed by atoms with Gasteiger partial charge in [0.15, 0.2) is 0 Å². The molecule has 0 radical (unpaired) electrons. The maximum absolute atomic E-state index is 13.4. The molecule has 4 aromatic rings. The van der Waals surface area contributed by atoms with Crippen molar-refractivity contribution in [2.45, 2.75) is 18.7 Å². The molecule has 0 unspecified atom stereocenters. The SMILES string of the molecule is O=C(CCSCc1ccccn1)NCc1cn(-c2ccccc2)nc1-c1ccc(F)cc1. The first-order chi connectivity index (χ1) is 15.7. The highest BCUT2D eigenvalue weighted by Gasteiger charge is 2.13. The molecule has 1 amide bonds. The number of nitrogens with zero attached hydrogens (tertiary/aromatic N) is 3. The standard InChI is InChI=1S/C25H23FN4OS/c26-21-11-9-19(10-12-21)25-20(17-30(29-25)23-7-2-1-3-8-23)16-28-24(31)13-15-32-18-22-6-4-5-14-27-22/h1-12,14,17H,13,15-16,18H2,(H,28,31). The van der Waals surface area contributed by atoms with E-state index in [4.69, 9.17) is 5.10 Å². The van der Waals surface area contributed by atoms with Crippen LogP contribution in [0.4, 0.5) is 4.39 Å². The third-order valence-corrected chi connectivity index (χ3v) is 5.85. The summed E-state index contributed by atoms with van der Waals surface area (Å²) in [6.45, 7) is 0.350. The Morgan fingerprint density at radius 3 is 2.53 bits per heavy atom. The number of amides is 1. The molecule has 0 atom stereocenters. The van der Waals surface area contributed by atoms with Gasteiger partial charge in [-0.1, -0.05) is 24.3 Å². The largest absolute Gasteiger partial charge is 0.352 e. The molecular formula is C25H23FN4OS. The van der Waals surface area contributed by atoms with Gasteiger partial charge < -0.3 is 5.32 Å². The van der Waals surface area contributed by atoms with Crippen LogP contribution in [0.2, 0.25) is 0 Å². The third kappa shape index (κ3) is 5.82. The first-order valence-electron chi connectivity index (χ1n) is 10.3. The molecule has 0 aliphatic carbocycles. The Labute approximate surface area is 190 Å². The predicted molar refractivity (Wildman–Crippen MR) is 126 cm³/mol. The van der Waals surface area contributed by atoms with Gasteiger partial charge >= 0.3 is 0 Å². The zero-order valence-electron chi connectivity index (χ0n) is 17.4. The maximum Gasteiger partial charge on any atom is 0.221 e. The Morgan fingerprint density at radius 1 is 1.00 bits per heavy atom. The first-order valence-corrected chi connectivity index (χ1v) is 11.5. The minimum absolute atomic E-state index is 0.0176. The number of hydrogen-bond acceptors (Lipinski definition) is 4. The van der Waals surface area contributed by atoms with Gasteiger partial charge in [0, 0.05) is 48.0 Å². The molecular weight excluding hydrogens is 423 g/mol. The van der Waals surface area contributed by atoms with Crippen molar-refractivity contribution >= 4 is 17.7 Å². The molecule has 2 heterocycles. The quantitative estimate of drug-likeness (QED) is 0.367. The van der Waals surface area contributed by atoms with Gasteiger partial charge in [-0.3, -0.25) is 9.78 Å². The number of carbonyl (C=O) groups excluding carboxylic acids is 1. The molecule has 0 aliphatic heterocycles. The summed E-state index contributed by atoms with van der Waals surface area (Å²) in [5.74, 6) is 1.19. The topological polar surface area (TPSA) is 59.8 Å². The Hall–Kier alpha value is -3.45. The summed E-state index contributed by atoms with van der Waals surface area (Å²) in [7, 11) is 0. The van der Waals surface area contributed by atoms with Crippen molar-refractivity contribution in [1.82, 2.24) is 20.1 Å². The number of thioether (sulfide) groups is 1. The van der Waals surface area contributed by atoms with Gasteiger partial charge in [-0.25, -0.2) is 9.07 Å². The fourth-order valence-corrected chi connectivity index (χ4v) is 4.06. The first kappa shape index (κ1) is 21.8. The van der Waals surface area contributed by atoms with E-state index in [0.29, 0.717) is 13.0 Å². The van der Waals surface area contributed by atoms with E-state index in [2.05, 4.69) is 10.3 Å². The van der Waals surface area contributed by atoms with Crippen molar-refractivity contribution in [2.24, 2.45) is 0 Å². The fourth-order valence-electron chi connectivity index (χ4n) is 3.21. The Morgan fingerprint density at radius 2 is 1.78 bits per heavy atom. The van der Waals surface area contributed by atoms with Crippen molar-refractivity contribution in [2.75, 3.05) is 5.75 Å². The maximum atomic E-state index is 13.4. The van der Waals surface area contributed by atoms with Crippen LogP contribution in [0.1, 0.15) is 17.7 Å². The number of nitrogens with one attached hydrogen (secondary N) is 1. The molecule has 5 nitrogen and oxygen atoms in total. The highest BCUT2D eigenvalue weighted by atomic mass is 32.2. The molecule has 32 heavy (non-hydrogen) atoms. The van der Waals surface area contributed by atoms with E-state index >= 15 is 0 Å². The molecule has 0 saturated heterocycles. The number of benzene rings is 2. The summed E-state index contributed by atoms with van der Waals surface area (Å²) in [4.78, 5) is 16.7. The minimum atomic E-state index is -0.297. The van der Waals surface area contributed by atoms with Crippen molar-refractivity contribution in [3.05, 3.63) is 102 Å². The molecule has 2 aromatic carbocycles.